The van der Waals surface area contributed by atoms with E-state index >= 15 is 0 Å². The van der Waals surface area contributed by atoms with Gasteiger partial charge in [0, 0.05) is 0 Å². The molecule has 1 aromatic heterocycles. The fourth-order valence-electron chi connectivity index (χ4n) is 0.234. The molecule has 1 heterocycles. The summed E-state index contributed by atoms with van der Waals surface area (Å²) in [5.74, 6) is 0.384. The first-order valence-electron chi connectivity index (χ1n) is 1.65. The molecule has 3 nitrogen and oxygen atoms in total. The van der Waals surface area contributed by atoms with Crippen molar-refractivity contribution in [1.82, 2.24) is 10.1 Å². The highest BCUT2D eigenvalue weighted by atomic mass is 32.1. The van der Waals surface area contributed by atoms with Crippen LogP contribution in [-0.4, -0.2) is 15.5 Å². The predicted octanol–water partition coefficient (Wildman–Crippen LogP) is 0.417. The lowest BCUT2D eigenvalue weighted by atomic mass is 10.8. The lowest BCUT2D eigenvalue weighted by Crippen LogP contribution is -1.70. The highest BCUT2D eigenvalue weighted by Crippen LogP contribution is 1.81. The summed E-state index contributed by atoms with van der Waals surface area (Å²) in [6, 6.07) is 0. The van der Waals surface area contributed by atoms with Gasteiger partial charge in [-0.25, -0.2) is 0 Å². The Morgan fingerprint density at radius 1 is 1.86 bits per heavy atom. The zero-order valence-electron chi connectivity index (χ0n) is 3.37. The van der Waals surface area contributed by atoms with Gasteiger partial charge in [0.05, 0.1) is 5.37 Å². The lowest BCUT2D eigenvalue weighted by Gasteiger charge is -1.65. The first-order chi connectivity index (χ1) is 3.43. The largest absolute Gasteiger partial charge is 0.334 e. The molecule has 0 aliphatic rings. The predicted molar refractivity (Wildman–Crippen MR) is 27.1 cm³/mol. The first kappa shape index (κ1) is 4.39. The summed E-state index contributed by atoms with van der Waals surface area (Å²) in [4.78, 5) is 3.60. The first-order valence-corrected chi connectivity index (χ1v) is 2.12. The molecule has 0 amide bonds. The standard InChI is InChI=1S/C3H2N2OS/c7-1-3-4-2-5-6-3/h1-2H. The second-order valence-electron chi connectivity index (χ2n) is 0.897. The summed E-state index contributed by atoms with van der Waals surface area (Å²) in [6.07, 6.45) is 1.30. The summed E-state index contributed by atoms with van der Waals surface area (Å²) < 4.78 is 4.46. The second-order valence-corrected chi connectivity index (χ2v) is 1.13. The molecule has 0 aliphatic carbocycles. The van der Waals surface area contributed by atoms with Gasteiger partial charge in [-0.15, -0.1) is 0 Å². The van der Waals surface area contributed by atoms with Crippen molar-refractivity contribution in [2.45, 2.75) is 0 Å². The van der Waals surface area contributed by atoms with Gasteiger partial charge in [0.1, 0.15) is 0 Å². The van der Waals surface area contributed by atoms with E-state index in [0.717, 1.165) is 0 Å². The summed E-state index contributed by atoms with van der Waals surface area (Å²) >= 11 is 4.45. The maximum Gasteiger partial charge on any atom is 0.261 e. The molecule has 0 aromatic carbocycles. The van der Waals surface area contributed by atoms with Crippen molar-refractivity contribution in [3.63, 3.8) is 0 Å². The van der Waals surface area contributed by atoms with Crippen molar-refractivity contribution < 1.29 is 4.52 Å². The van der Waals surface area contributed by atoms with Crippen LogP contribution >= 0.6 is 12.2 Å². The lowest BCUT2D eigenvalue weighted by molar-refractivity contribution is 0.412. The molecule has 4 heteroatoms. The Balaban J connectivity index is 2.96. The van der Waals surface area contributed by atoms with Crippen molar-refractivity contribution in [3.8, 4) is 0 Å². The molecule has 36 valence electrons. The van der Waals surface area contributed by atoms with E-state index in [0.29, 0.717) is 5.89 Å². The molecule has 0 saturated carbocycles. The maximum atomic E-state index is 4.46. The Kier molecular flexibility index (Phi) is 1.12. The molecule has 0 spiro atoms. The van der Waals surface area contributed by atoms with Gasteiger partial charge in [0.25, 0.3) is 5.89 Å². The zero-order valence-corrected chi connectivity index (χ0v) is 4.18. The third kappa shape index (κ3) is 0.806. The zero-order chi connectivity index (χ0) is 5.11. The van der Waals surface area contributed by atoms with Crippen LogP contribution in [0.15, 0.2) is 10.9 Å². The van der Waals surface area contributed by atoms with Crippen LogP contribution in [0.5, 0.6) is 0 Å². The van der Waals surface area contributed by atoms with Crippen LogP contribution in [0.1, 0.15) is 5.89 Å². The van der Waals surface area contributed by atoms with Crippen LogP contribution < -0.4 is 0 Å². The Hall–Kier alpha value is -0.770. The summed E-state index contributed by atoms with van der Waals surface area (Å²) in [5, 5.41) is 4.64. The Labute approximate surface area is 45.3 Å². The van der Waals surface area contributed by atoms with Gasteiger partial charge < -0.3 is 4.52 Å². The van der Waals surface area contributed by atoms with E-state index in [-0.39, 0.29) is 0 Å². The molecule has 7 heavy (non-hydrogen) atoms. The summed E-state index contributed by atoms with van der Waals surface area (Å²) in [5.41, 5.74) is 0. The minimum absolute atomic E-state index is 0.384. The molecule has 0 saturated heterocycles. The number of aromatic nitrogens is 2. The molecule has 0 radical (unpaired) electrons. The van der Waals surface area contributed by atoms with Crippen LogP contribution in [0.2, 0.25) is 0 Å². The van der Waals surface area contributed by atoms with Gasteiger partial charge >= 0.3 is 0 Å². The van der Waals surface area contributed by atoms with Gasteiger partial charge in [0.2, 0.25) is 0 Å². The van der Waals surface area contributed by atoms with Crippen LogP contribution in [0, 0.1) is 0 Å². The molecule has 0 bridgehead atoms. The minimum Gasteiger partial charge on any atom is -0.334 e. The third-order valence-corrected chi connectivity index (χ3v) is 0.681. The number of rotatable bonds is 1. The molecule has 0 unspecified atom stereocenters. The van der Waals surface area contributed by atoms with E-state index in [4.69, 9.17) is 0 Å². The average Bonchev–Trinajstić information content (AvgIpc) is 2.14. The fourth-order valence-corrected chi connectivity index (χ4v) is 0.337. The Morgan fingerprint density at radius 2 is 2.71 bits per heavy atom. The topological polar surface area (TPSA) is 38.9 Å². The van der Waals surface area contributed by atoms with Crippen molar-refractivity contribution in [1.29, 1.82) is 0 Å². The number of nitrogens with zero attached hydrogens (tertiary/aromatic N) is 2. The molecule has 0 fully saturated rings. The van der Waals surface area contributed by atoms with Gasteiger partial charge in [-0.3, -0.25) is 0 Å². The van der Waals surface area contributed by atoms with Crippen LogP contribution in [0.25, 0.3) is 0 Å². The molecule has 0 aliphatic heterocycles. The summed E-state index contributed by atoms with van der Waals surface area (Å²) in [6.45, 7) is 0. The van der Waals surface area contributed by atoms with Crippen molar-refractivity contribution in [2.24, 2.45) is 0 Å². The quantitative estimate of drug-likeness (QED) is 0.496. The molecule has 1 aromatic rings. The molecule has 0 N–H and O–H groups in total. The number of hydrogen-bond acceptors (Lipinski definition) is 4. The second kappa shape index (κ2) is 1.79. The normalized spacial score (nSPS) is 8.57. The van der Waals surface area contributed by atoms with Crippen molar-refractivity contribution >= 4 is 17.6 Å². The van der Waals surface area contributed by atoms with E-state index in [1.54, 1.807) is 0 Å². The monoisotopic (exact) mass is 114 g/mol. The number of hydrogen-bond donors (Lipinski definition) is 0. The van der Waals surface area contributed by atoms with Crippen LogP contribution in [0.4, 0.5) is 0 Å². The summed E-state index contributed by atoms with van der Waals surface area (Å²) in [7, 11) is 0. The number of thiocarbonyl (C=S) groups is 1. The van der Waals surface area contributed by atoms with Crippen molar-refractivity contribution in [3.05, 3.63) is 12.2 Å². The van der Waals surface area contributed by atoms with Gasteiger partial charge in [0.15, 0.2) is 6.33 Å². The van der Waals surface area contributed by atoms with E-state index in [2.05, 4.69) is 26.9 Å². The Bertz CT molecular complexity index is 148. The van der Waals surface area contributed by atoms with E-state index in [9.17, 15) is 0 Å². The highest BCUT2D eigenvalue weighted by molar-refractivity contribution is 7.79. The van der Waals surface area contributed by atoms with Gasteiger partial charge in [-0.2, -0.15) is 4.98 Å². The molecule has 1 rings (SSSR count). The van der Waals surface area contributed by atoms with Gasteiger partial charge in [-0.1, -0.05) is 17.4 Å². The highest BCUT2D eigenvalue weighted by Gasteiger charge is 1.85. The SMILES string of the molecule is S=Cc1ncno1. The third-order valence-electron chi connectivity index (χ3n) is 0.479. The van der Waals surface area contributed by atoms with Gasteiger partial charge in [-0.05, 0) is 0 Å². The average molecular weight is 114 g/mol. The van der Waals surface area contributed by atoms with Crippen LogP contribution in [0.3, 0.4) is 0 Å². The Morgan fingerprint density at radius 3 is 3.00 bits per heavy atom. The fraction of sp³-hybridized carbons (Fsp3) is 0. The smallest absolute Gasteiger partial charge is 0.261 e. The molecule has 0 atom stereocenters. The van der Waals surface area contributed by atoms with Crippen molar-refractivity contribution in [2.75, 3.05) is 0 Å². The molecular weight excluding hydrogens is 112 g/mol. The van der Waals surface area contributed by atoms with E-state index in [1.165, 1.54) is 11.7 Å². The molecular formula is C3H2N2OS. The van der Waals surface area contributed by atoms with E-state index < -0.39 is 0 Å². The minimum atomic E-state index is 0.384. The van der Waals surface area contributed by atoms with Crippen LogP contribution in [-0.2, 0) is 0 Å². The maximum absolute atomic E-state index is 4.46. The van der Waals surface area contributed by atoms with E-state index in [1.807, 2.05) is 0 Å².